The highest BCUT2D eigenvalue weighted by molar-refractivity contribution is 5.24. The monoisotopic (exact) mass is 510 g/mol. The minimum atomic E-state index is -2.13. The molecule has 1 aromatic rings. The first-order valence-corrected chi connectivity index (χ1v) is 13.0. The lowest BCUT2D eigenvalue weighted by Crippen LogP contribution is -2.31. The van der Waals surface area contributed by atoms with Crippen molar-refractivity contribution < 1.29 is 36.2 Å². The maximum atomic E-state index is 13.9. The number of benzene rings is 1. The molecule has 1 aromatic carbocycles. The number of hydrogen-bond donors (Lipinski definition) is 0. The normalized spacial score (nSPS) is 12.9. The molecule has 0 radical (unpaired) electrons. The Hall–Kier alpha value is -1.25. The predicted molar refractivity (Wildman–Crippen MR) is 128 cm³/mol. The van der Waals surface area contributed by atoms with Crippen LogP contribution < -0.4 is 0 Å². The molecule has 1 atom stereocenters. The second-order valence-corrected chi connectivity index (χ2v) is 9.62. The van der Waals surface area contributed by atoms with E-state index in [1.165, 1.54) is 25.7 Å². The van der Waals surface area contributed by atoms with Crippen LogP contribution in [0.15, 0.2) is 0 Å². The molecule has 1 unspecified atom stereocenters. The van der Waals surface area contributed by atoms with E-state index >= 15 is 0 Å². The van der Waals surface area contributed by atoms with Crippen LogP contribution in [0.1, 0.15) is 111 Å². The summed E-state index contributed by atoms with van der Waals surface area (Å²) in [7, 11) is 0. The summed E-state index contributed by atoms with van der Waals surface area (Å²) in [6.07, 6.45) is 9.52. The topological polar surface area (TPSA) is 27.7 Å². The molecule has 0 aliphatic heterocycles. The van der Waals surface area contributed by atoms with Crippen LogP contribution in [0.2, 0.25) is 0 Å². The van der Waals surface area contributed by atoms with Crippen LogP contribution in [0.3, 0.4) is 0 Å². The smallest absolute Gasteiger partial charge is 0.272 e. The minimum Gasteiger partial charge on any atom is -0.327 e. The first kappa shape index (κ1) is 31.8. The lowest BCUT2D eigenvalue weighted by molar-refractivity contribution is -0.327. The van der Waals surface area contributed by atoms with Crippen LogP contribution in [0.5, 0.6) is 0 Å². The molecule has 0 bridgehead atoms. The van der Waals surface area contributed by atoms with Crippen molar-refractivity contribution in [3.8, 4) is 0 Å². The Morgan fingerprint density at radius 2 is 0.971 bits per heavy atom. The van der Waals surface area contributed by atoms with Gasteiger partial charge in [-0.15, -0.1) is 0 Å². The molecule has 0 heterocycles. The molecule has 35 heavy (non-hydrogen) atoms. The molecule has 0 saturated heterocycles. The maximum absolute atomic E-state index is 13.9. The zero-order valence-electron chi connectivity index (χ0n) is 21.9. The van der Waals surface area contributed by atoms with Crippen molar-refractivity contribution in [2.24, 2.45) is 0 Å². The highest BCUT2D eigenvalue weighted by Gasteiger charge is 2.25. The van der Waals surface area contributed by atoms with Gasteiger partial charge in [0.2, 0.25) is 5.82 Å². The van der Waals surface area contributed by atoms with Crippen LogP contribution in [-0.2, 0) is 20.6 Å². The van der Waals surface area contributed by atoms with Crippen molar-refractivity contribution in [2.45, 2.75) is 136 Å². The SMILES string of the molecule is CCCCCCCCCC(CCCCc1c(F)c(F)c(F)c(F)c1F)OC(OC(C)C)OC(C)C. The van der Waals surface area contributed by atoms with Gasteiger partial charge < -0.3 is 14.2 Å². The highest BCUT2D eigenvalue weighted by atomic mass is 19.2. The summed E-state index contributed by atoms with van der Waals surface area (Å²) in [4.78, 5) is 0. The fourth-order valence-electron chi connectivity index (χ4n) is 3.85. The standard InChI is InChI=1S/C27H43F5O3/c1-6-7-8-9-10-11-12-15-20(35-27(33-18(2)3)34-19(4)5)16-13-14-17-21-22(28)24(30)26(32)25(31)23(21)29/h18-20,27H,6-17H2,1-5H3. The second-order valence-electron chi connectivity index (χ2n) is 9.62. The number of rotatable bonds is 19. The van der Waals surface area contributed by atoms with Crippen LogP contribution >= 0.6 is 0 Å². The van der Waals surface area contributed by atoms with E-state index in [4.69, 9.17) is 14.2 Å². The fourth-order valence-corrected chi connectivity index (χ4v) is 3.85. The highest BCUT2D eigenvalue weighted by Crippen LogP contribution is 2.25. The Labute approximate surface area is 207 Å². The van der Waals surface area contributed by atoms with E-state index < -0.39 is 41.1 Å². The van der Waals surface area contributed by atoms with Crippen molar-refractivity contribution in [2.75, 3.05) is 0 Å². The Balaban J connectivity index is 2.69. The summed E-state index contributed by atoms with van der Waals surface area (Å²) < 4.78 is 85.7. The van der Waals surface area contributed by atoms with Gasteiger partial charge in [0.15, 0.2) is 23.3 Å². The number of hydrogen-bond acceptors (Lipinski definition) is 3. The van der Waals surface area contributed by atoms with Crippen molar-refractivity contribution in [3.05, 3.63) is 34.6 Å². The van der Waals surface area contributed by atoms with Crippen molar-refractivity contribution >= 4 is 0 Å². The molecule has 204 valence electrons. The van der Waals surface area contributed by atoms with Crippen molar-refractivity contribution in [3.63, 3.8) is 0 Å². The maximum Gasteiger partial charge on any atom is 0.272 e. The third-order valence-corrected chi connectivity index (χ3v) is 5.70. The molecule has 0 fully saturated rings. The number of ether oxygens (including phenoxy) is 3. The summed E-state index contributed by atoms with van der Waals surface area (Å²) in [6.45, 7) is 8.89. The second kappa shape index (κ2) is 17.2. The van der Waals surface area contributed by atoms with Gasteiger partial charge in [-0.1, -0.05) is 58.3 Å². The molecule has 0 aliphatic rings. The van der Waals surface area contributed by atoms with E-state index in [1.54, 1.807) is 0 Å². The van der Waals surface area contributed by atoms with Gasteiger partial charge in [0.05, 0.1) is 18.3 Å². The van der Waals surface area contributed by atoms with E-state index in [0.29, 0.717) is 12.8 Å². The van der Waals surface area contributed by atoms with E-state index in [-0.39, 0.29) is 31.2 Å². The van der Waals surface area contributed by atoms with Crippen LogP contribution in [0.25, 0.3) is 0 Å². The molecule has 8 heteroatoms. The number of unbranched alkanes of at least 4 members (excludes halogenated alkanes) is 7. The van der Waals surface area contributed by atoms with Gasteiger partial charge >= 0.3 is 0 Å². The first-order chi connectivity index (χ1) is 16.6. The van der Waals surface area contributed by atoms with E-state index in [0.717, 1.165) is 25.7 Å². The third-order valence-electron chi connectivity index (χ3n) is 5.70. The Kier molecular flexibility index (Phi) is 15.7. The molecule has 3 nitrogen and oxygen atoms in total. The summed E-state index contributed by atoms with van der Waals surface area (Å²) >= 11 is 0. The molecular weight excluding hydrogens is 467 g/mol. The summed E-state index contributed by atoms with van der Waals surface area (Å²) in [6, 6.07) is 0. The molecule has 0 aliphatic carbocycles. The lowest BCUT2D eigenvalue weighted by Gasteiger charge is -2.28. The van der Waals surface area contributed by atoms with Gasteiger partial charge in [-0.05, 0) is 53.4 Å². The van der Waals surface area contributed by atoms with Gasteiger partial charge in [0.1, 0.15) is 0 Å². The van der Waals surface area contributed by atoms with Crippen molar-refractivity contribution in [1.82, 2.24) is 0 Å². The van der Waals surface area contributed by atoms with Gasteiger partial charge in [-0.2, -0.15) is 0 Å². The zero-order chi connectivity index (χ0) is 26.4. The van der Waals surface area contributed by atoms with E-state index in [9.17, 15) is 22.0 Å². The number of halogens is 5. The average molecular weight is 511 g/mol. The Morgan fingerprint density at radius 3 is 1.46 bits per heavy atom. The van der Waals surface area contributed by atoms with Crippen LogP contribution in [0.4, 0.5) is 22.0 Å². The Bertz CT molecular complexity index is 688. The molecule has 0 amide bonds. The fraction of sp³-hybridized carbons (Fsp3) is 0.778. The quantitative estimate of drug-likeness (QED) is 0.0612. The average Bonchev–Trinajstić information content (AvgIpc) is 2.79. The first-order valence-electron chi connectivity index (χ1n) is 13.0. The van der Waals surface area contributed by atoms with Crippen LogP contribution in [-0.4, -0.2) is 24.8 Å². The molecule has 0 aromatic heterocycles. The lowest BCUT2D eigenvalue weighted by atomic mass is 10.0. The summed E-state index contributed by atoms with van der Waals surface area (Å²) in [5.41, 5.74) is -0.768. The van der Waals surface area contributed by atoms with E-state index in [2.05, 4.69) is 6.92 Å². The molecule has 1 rings (SSSR count). The summed E-state index contributed by atoms with van der Waals surface area (Å²) in [5, 5.41) is 0. The third kappa shape index (κ3) is 12.0. The van der Waals surface area contributed by atoms with E-state index in [1.807, 2.05) is 27.7 Å². The molecule has 0 saturated carbocycles. The van der Waals surface area contributed by atoms with Crippen molar-refractivity contribution in [1.29, 1.82) is 0 Å². The predicted octanol–water partition coefficient (Wildman–Crippen LogP) is 8.75. The largest absolute Gasteiger partial charge is 0.327 e. The summed E-state index contributed by atoms with van der Waals surface area (Å²) in [5.74, 6) is -9.45. The van der Waals surface area contributed by atoms with Gasteiger partial charge in [-0.3, -0.25) is 0 Å². The van der Waals surface area contributed by atoms with Gasteiger partial charge in [0, 0.05) is 5.56 Å². The molecular formula is C27H43F5O3. The molecule has 0 spiro atoms. The van der Waals surface area contributed by atoms with Crippen LogP contribution in [0, 0.1) is 29.1 Å². The molecule has 0 N–H and O–H groups in total. The Morgan fingerprint density at radius 1 is 0.543 bits per heavy atom. The van der Waals surface area contributed by atoms with Gasteiger partial charge in [0.25, 0.3) is 6.48 Å². The zero-order valence-corrected chi connectivity index (χ0v) is 21.9. The van der Waals surface area contributed by atoms with Gasteiger partial charge in [-0.25, -0.2) is 22.0 Å². The minimum absolute atomic E-state index is 0.104.